The van der Waals surface area contributed by atoms with Crippen molar-refractivity contribution < 1.29 is 9.72 Å². The Kier molecular flexibility index (Phi) is 6.24. The van der Waals surface area contributed by atoms with E-state index in [1.807, 2.05) is 12.1 Å². The summed E-state index contributed by atoms with van der Waals surface area (Å²) in [5, 5.41) is 20.1. The maximum absolute atomic E-state index is 12.9. The minimum atomic E-state index is -0.533. The van der Waals surface area contributed by atoms with Gasteiger partial charge in [-0.05, 0) is 30.2 Å². The lowest BCUT2D eigenvalue weighted by molar-refractivity contribution is -0.384. The molecule has 144 valence electrons. The van der Waals surface area contributed by atoms with Gasteiger partial charge in [-0.15, -0.1) is 0 Å². The Balaban J connectivity index is 1.66. The first-order valence-electron chi connectivity index (χ1n) is 8.92. The van der Waals surface area contributed by atoms with E-state index in [4.69, 9.17) is 16.9 Å². The molecular weight excluding hydrogens is 380 g/mol. The number of amides is 1. The molecule has 1 aliphatic rings. The van der Waals surface area contributed by atoms with Gasteiger partial charge in [-0.1, -0.05) is 23.7 Å². The Hall–Kier alpha value is -2.95. The van der Waals surface area contributed by atoms with Crippen molar-refractivity contribution in [3.8, 4) is 6.07 Å². The van der Waals surface area contributed by atoms with E-state index in [9.17, 15) is 14.9 Å². The summed E-state index contributed by atoms with van der Waals surface area (Å²) in [7, 11) is 0. The first kappa shape index (κ1) is 19.8. The maximum atomic E-state index is 12.9. The molecule has 0 aliphatic carbocycles. The van der Waals surface area contributed by atoms with Crippen molar-refractivity contribution in [1.29, 1.82) is 5.26 Å². The number of hydrogen-bond acceptors (Lipinski definition) is 5. The lowest BCUT2D eigenvalue weighted by atomic mass is 10.1. The molecule has 2 aromatic carbocycles. The van der Waals surface area contributed by atoms with Crippen molar-refractivity contribution in [2.45, 2.75) is 13.0 Å². The molecule has 1 heterocycles. The number of hydrogen-bond donors (Lipinski definition) is 0. The van der Waals surface area contributed by atoms with Crippen LogP contribution in [0.2, 0.25) is 5.02 Å². The maximum Gasteiger partial charge on any atom is 0.270 e. The highest BCUT2D eigenvalue weighted by Gasteiger charge is 2.24. The van der Waals surface area contributed by atoms with Crippen LogP contribution in [0, 0.1) is 21.4 Å². The van der Waals surface area contributed by atoms with Crippen LogP contribution < -0.4 is 0 Å². The molecule has 8 heteroatoms. The molecule has 7 nitrogen and oxygen atoms in total. The van der Waals surface area contributed by atoms with Gasteiger partial charge in [-0.2, -0.15) is 5.26 Å². The second-order valence-electron chi connectivity index (χ2n) is 6.65. The van der Waals surface area contributed by atoms with E-state index in [1.54, 1.807) is 17.0 Å². The topological polar surface area (TPSA) is 90.5 Å². The normalized spacial score (nSPS) is 14.9. The van der Waals surface area contributed by atoms with Crippen LogP contribution in [0.1, 0.15) is 27.9 Å². The van der Waals surface area contributed by atoms with Gasteiger partial charge in [0.1, 0.15) is 0 Å². The highest BCUT2D eigenvalue weighted by atomic mass is 35.5. The highest BCUT2D eigenvalue weighted by Crippen LogP contribution is 2.24. The van der Waals surface area contributed by atoms with Crippen LogP contribution in [0.4, 0.5) is 5.69 Å². The molecule has 0 radical (unpaired) electrons. The fraction of sp³-hybridized carbons (Fsp3) is 0.300. The van der Waals surface area contributed by atoms with Gasteiger partial charge in [0.2, 0.25) is 0 Å². The number of rotatable bonds is 4. The predicted octanol–water partition coefficient (Wildman–Crippen LogP) is 3.47. The predicted molar refractivity (Wildman–Crippen MR) is 105 cm³/mol. The molecular formula is C20H19ClN4O3. The summed E-state index contributed by atoms with van der Waals surface area (Å²) in [5.41, 5.74) is 1.76. The molecule has 0 bridgehead atoms. The van der Waals surface area contributed by atoms with E-state index in [-0.39, 0.29) is 22.2 Å². The zero-order valence-corrected chi connectivity index (χ0v) is 15.9. The average molecular weight is 399 g/mol. The van der Waals surface area contributed by atoms with Crippen LogP contribution in [0.5, 0.6) is 0 Å². The standard InChI is InChI=1S/C20H19ClN4O3/c21-19-7-6-17(25(27)28)12-18(19)20(26)24-9-1-8-23(10-11-24)14-16-4-2-15(13-22)3-5-16/h2-7,12H,1,8-11,14H2. The van der Waals surface area contributed by atoms with E-state index >= 15 is 0 Å². The molecule has 1 aliphatic heterocycles. The molecule has 1 saturated heterocycles. The molecule has 1 fully saturated rings. The number of benzene rings is 2. The Morgan fingerprint density at radius 1 is 1.14 bits per heavy atom. The summed E-state index contributed by atoms with van der Waals surface area (Å²) < 4.78 is 0. The van der Waals surface area contributed by atoms with E-state index in [2.05, 4.69) is 11.0 Å². The SMILES string of the molecule is N#Cc1ccc(CN2CCCN(C(=O)c3cc([N+](=O)[O-])ccc3Cl)CC2)cc1. The van der Waals surface area contributed by atoms with Crippen molar-refractivity contribution in [2.24, 2.45) is 0 Å². The van der Waals surface area contributed by atoms with E-state index in [0.29, 0.717) is 25.2 Å². The summed E-state index contributed by atoms with van der Waals surface area (Å²) in [4.78, 5) is 27.3. The number of nitriles is 1. The number of nitro benzene ring substituents is 1. The Labute approximate surface area is 167 Å². The molecule has 28 heavy (non-hydrogen) atoms. The number of nitro groups is 1. The fourth-order valence-electron chi connectivity index (χ4n) is 3.24. The summed E-state index contributed by atoms with van der Waals surface area (Å²) in [6.45, 7) is 3.37. The largest absolute Gasteiger partial charge is 0.337 e. The Bertz CT molecular complexity index is 924. The van der Waals surface area contributed by atoms with E-state index < -0.39 is 4.92 Å². The van der Waals surface area contributed by atoms with Crippen molar-refractivity contribution in [2.75, 3.05) is 26.2 Å². The van der Waals surface area contributed by atoms with Crippen LogP contribution in [-0.2, 0) is 6.54 Å². The van der Waals surface area contributed by atoms with Gasteiger partial charge >= 0.3 is 0 Å². The van der Waals surface area contributed by atoms with Crippen LogP contribution in [0.15, 0.2) is 42.5 Å². The fourth-order valence-corrected chi connectivity index (χ4v) is 3.43. The first-order valence-corrected chi connectivity index (χ1v) is 9.30. The molecule has 0 atom stereocenters. The third-order valence-electron chi connectivity index (χ3n) is 4.76. The zero-order valence-electron chi connectivity index (χ0n) is 15.2. The number of carbonyl (C=O) groups excluding carboxylic acids is 1. The Morgan fingerprint density at radius 2 is 1.89 bits per heavy atom. The lowest BCUT2D eigenvalue weighted by Gasteiger charge is -2.22. The van der Waals surface area contributed by atoms with Crippen molar-refractivity contribution in [3.63, 3.8) is 0 Å². The van der Waals surface area contributed by atoms with Gasteiger partial charge in [0.15, 0.2) is 0 Å². The summed E-state index contributed by atoms with van der Waals surface area (Å²) >= 11 is 6.11. The van der Waals surface area contributed by atoms with Gasteiger partial charge in [0.05, 0.1) is 27.1 Å². The van der Waals surface area contributed by atoms with Gasteiger partial charge in [0.25, 0.3) is 11.6 Å². The monoisotopic (exact) mass is 398 g/mol. The molecule has 0 N–H and O–H groups in total. The highest BCUT2D eigenvalue weighted by molar-refractivity contribution is 6.33. The van der Waals surface area contributed by atoms with Crippen LogP contribution in [0.25, 0.3) is 0 Å². The van der Waals surface area contributed by atoms with Gasteiger partial charge in [-0.25, -0.2) is 0 Å². The average Bonchev–Trinajstić information content (AvgIpc) is 2.94. The summed E-state index contributed by atoms with van der Waals surface area (Å²) in [6.07, 6.45) is 0.800. The Morgan fingerprint density at radius 3 is 2.57 bits per heavy atom. The summed E-state index contributed by atoms with van der Waals surface area (Å²) in [6, 6.07) is 13.5. The second kappa shape index (κ2) is 8.83. The molecule has 1 amide bonds. The number of halogens is 1. The van der Waals surface area contributed by atoms with Crippen molar-refractivity contribution in [1.82, 2.24) is 9.80 Å². The first-order chi connectivity index (χ1) is 13.5. The molecule has 0 unspecified atom stereocenters. The summed E-state index contributed by atoms with van der Waals surface area (Å²) in [5.74, 6) is -0.283. The lowest BCUT2D eigenvalue weighted by Crippen LogP contribution is -2.35. The third-order valence-corrected chi connectivity index (χ3v) is 5.09. The van der Waals surface area contributed by atoms with Gasteiger partial charge in [0, 0.05) is 44.9 Å². The second-order valence-corrected chi connectivity index (χ2v) is 7.06. The minimum absolute atomic E-state index is 0.148. The molecule has 0 saturated carbocycles. The molecule has 0 spiro atoms. The smallest absolute Gasteiger partial charge is 0.270 e. The van der Waals surface area contributed by atoms with Crippen molar-refractivity contribution >= 4 is 23.2 Å². The third kappa shape index (κ3) is 4.66. The number of non-ortho nitro benzene ring substituents is 1. The zero-order chi connectivity index (χ0) is 20.1. The van der Waals surface area contributed by atoms with Gasteiger partial charge in [-0.3, -0.25) is 19.8 Å². The van der Waals surface area contributed by atoms with Crippen molar-refractivity contribution in [3.05, 3.63) is 74.3 Å². The number of nitrogens with zero attached hydrogens (tertiary/aromatic N) is 4. The molecule has 0 aromatic heterocycles. The quantitative estimate of drug-likeness (QED) is 0.581. The number of carbonyl (C=O) groups is 1. The van der Waals surface area contributed by atoms with Gasteiger partial charge < -0.3 is 4.90 Å². The molecule has 3 rings (SSSR count). The minimum Gasteiger partial charge on any atom is -0.337 e. The van der Waals surface area contributed by atoms with Crippen LogP contribution in [-0.4, -0.2) is 46.8 Å². The molecule has 2 aromatic rings. The van der Waals surface area contributed by atoms with Crippen LogP contribution >= 0.6 is 11.6 Å². The van der Waals surface area contributed by atoms with E-state index in [0.717, 1.165) is 25.1 Å². The van der Waals surface area contributed by atoms with Crippen LogP contribution in [0.3, 0.4) is 0 Å². The van der Waals surface area contributed by atoms with E-state index in [1.165, 1.54) is 18.2 Å².